The van der Waals surface area contributed by atoms with E-state index in [2.05, 4.69) is 9.97 Å². The van der Waals surface area contributed by atoms with Crippen molar-refractivity contribution in [3.05, 3.63) is 62.0 Å². The number of hydrogen-bond acceptors (Lipinski definition) is 6. The molecule has 2 aromatic heterocycles. The minimum absolute atomic E-state index is 0.148. The van der Waals surface area contributed by atoms with E-state index in [1.165, 1.54) is 11.3 Å². The average Bonchev–Trinajstić information content (AvgIpc) is 2.95. The zero-order valence-corrected chi connectivity index (χ0v) is 16.0. The van der Waals surface area contributed by atoms with Crippen molar-refractivity contribution in [3.8, 4) is 5.75 Å². The van der Waals surface area contributed by atoms with E-state index in [-0.39, 0.29) is 12.2 Å². The van der Waals surface area contributed by atoms with E-state index in [0.717, 1.165) is 21.8 Å². The standard InChI is InChI=1S/C20H18N2O4S/c1-10-12(3)27-19-16(10)18(23)21-17(22-19)11(2)26-20(24)14-8-13-6-4-5-7-15(13)25-9-14/h4-8,11H,9H2,1-3H3,(H,21,22,23)/t11-/m1/s1. The summed E-state index contributed by atoms with van der Waals surface area (Å²) in [6, 6.07) is 7.49. The van der Waals surface area contributed by atoms with Gasteiger partial charge >= 0.3 is 5.97 Å². The van der Waals surface area contributed by atoms with Gasteiger partial charge in [-0.15, -0.1) is 11.3 Å². The number of aromatic amines is 1. The van der Waals surface area contributed by atoms with Gasteiger partial charge < -0.3 is 14.5 Å². The van der Waals surface area contributed by atoms with Gasteiger partial charge in [0.1, 0.15) is 17.2 Å². The molecule has 1 N–H and O–H groups in total. The van der Waals surface area contributed by atoms with Crippen molar-refractivity contribution >= 4 is 33.6 Å². The second kappa shape index (κ2) is 6.66. The highest BCUT2D eigenvalue weighted by molar-refractivity contribution is 7.18. The van der Waals surface area contributed by atoms with Gasteiger partial charge in [0.2, 0.25) is 0 Å². The number of nitrogens with zero attached hydrogens (tertiary/aromatic N) is 1. The maximum absolute atomic E-state index is 12.5. The maximum Gasteiger partial charge on any atom is 0.338 e. The number of carbonyl (C=O) groups is 1. The normalized spacial score (nSPS) is 14.3. The number of nitrogens with one attached hydrogen (secondary N) is 1. The van der Waals surface area contributed by atoms with Crippen LogP contribution < -0.4 is 10.3 Å². The topological polar surface area (TPSA) is 81.3 Å². The smallest absolute Gasteiger partial charge is 0.338 e. The van der Waals surface area contributed by atoms with E-state index in [1.54, 1.807) is 13.0 Å². The molecule has 3 aromatic rings. The molecule has 1 aliphatic heterocycles. The summed E-state index contributed by atoms with van der Waals surface area (Å²) in [4.78, 5) is 33.8. The van der Waals surface area contributed by atoms with E-state index in [9.17, 15) is 9.59 Å². The molecule has 0 unspecified atom stereocenters. The summed E-state index contributed by atoms with van der Waals surface area (Å²) >= 11 is 1.46. The van der Waals surface area contributed by atoms with Crippen LogP contribution in [0.4, 0.5) is 0 Å². The van der Waals surface area contributed by atoms with E-state index in [1.807, 2.05) is 38.1 Å². The van der Waals surface area contributed by atoms with Gasteiger partial charge in [0.05, 0.1) is 11.0 Å². The van der Waals surface area contributed by atoms with Crippen LogP contribution in [-0.4, -0.2) is 22.5 Å². The number of fused-ring (bicyclic) bond motifs is 2. The van der Waals surface area contributed by atoms with Gasteiger partial charge in [0.25, 0.3) is 5.56 Å². The molecule has 27 heavy (non-hydrogen) atoms. The number of benzene rings is 1. The van der Waals surface area contributed by atoms with Gasteiger partial charge in [0, 0.05) is 10.4 Å². The Morgan fingerprint density at radius 2 is 2.11 bits per heavy atom. The van der Waals surface area contributed by atoms with Crippen molar-refractivity contribution in [2.45, 2.75) is 26.9 Å². The highest BCUT2D eigenvalue weighted by Crippen LogP contribution is 2.29. The fourth-order valence-corrected chi connectivity index (χ4v) is 4.03. The molecule has 3 heterocycles. The Labute approximate surface area is 159 Å². The molecule has 7 heteroatoms. The van der Waals surface area contributed by atoms with E-state index >= 15 is 0 Å². The molecular formula is C20H18N2O4S. The first kappa shape index (κ1) is 17.5. The fourth-order valence-electron chi connectivity index (χ4n) is 2.99. The Balaban J connectivity index is 1.58. The third-order valence-electron chi connectivity index (χ3n) is 4.62. The zero-order valence-electron chi connectivity index (χ0n) is 15.2. The average molecular weight is 382 g/mol. The molecule has 0 radical (unpaired) electrons. The lowest BCUT2D eigenvalue weighted by molar-refractivity contribution is -0.144. The van der Waals surface area contributed by atoms with Gasteiger partial charge in [-0.25, -0.2) is 9.78 Å². The number of rotatable bonds is 3. The number of thiophene rings is 1. The van der Waals surface area contributed by atoms with Gasteiger partial charge in [0.15, 0.2) is 11.9 Å². The SMILES string of the molecule is Cc1sc2nc([C@@H](C)OC(=O)C3=Cc4ccccc4OC3)[nH]c(=O)c2c1C. The van der Waals surface area contributed by atoms with Crippen molar-refractivity contribution in [2.24, 2.45) is 0 Å². The number of aromatic nitrogens is 2. The molecule has 1 aromatic carbocycles. The molecule has 0 amide bonds. The Kier molecular flexibility index (Phi) is 4.31. The van der Waals surface area contributed by atoms with Crippen LogP contribution in [-0.2, 0) is 9.53 Å². The highest BCUT2D eigenvalue weighted by Gasteiger charge is 2.22. The highest BCUT2D eigenvalue weighted by atomic mass is 32.1. The number of aryl methyl sites for hydroxylation is 2. The Bertz CT molecular complexity index is 1140. The molecule has 0 aliphatic carbocycles. The van der Waals surface area contributed by atoms with Crippen molar-refractivity contribution in [3.63, 3.8) is 0 Å². The minimum atomic E-state index is -0.685. The van der Waals surface area contributed by atoms with Crippen molar-refractivity contribution in [1.82, 2.24) is 9.97 Å². The molecule has 0 saturated carbocycles. The van der Waals surface area contributed by atoms with Gasteiger partial charge in [-0.2, -0.15) is 0 Å². The van der Waals surface area contributed by atoms with Crippen LogP contribution in [0.1, 0.15) is 34.9 Å². The summed E-state index contributed by atoms with van der Waals surface area (Å²) in [7, 11) is 0. The summed E-state index contributed by atoms with van der Waals surface area (Å²) in [5, 5.41) is 0.597. The van der Waals surface area contributed by atoms with Crippen LogP contribution in [0.25, 0.3) is 16.3 Å². The molecule has 1 aliphatic rings. The number of hydrogen-bond donors (Lipinski definition) is 1. The van der Waals surface area contributed by atoms with Gasteiger partial charge in [-0.3, -0.25) is 4.79 Å². The quantitative estimate of drug-likeness (QED) is 0.699. The third kappa shape index (κ3) is 3.14. The first-order valence-corrected chi connectivity index (χ1v) is 9.39. The van der Waals surface area contributed by atoms with Crippen LogP contribution >= 0.6 is 11.3 Å². The Hall–Kier alpha value is -2.93. The number of ether oxygens (including phenoxy) is 2. The molecule has 4 rings (SSSR count). The Morgan fingerprint density at radius 1 is 1.33 bits per heavy atom. The molecule has 138 valence electrons. The summed E-state index contributed by atoms with van der Waals surface area (Å²) < 4.78 is 11.1. The summed E-state index contributed by atoms with van der Waals surface area (Å²) in [6.45, 7) is 5.70. The number of esters is 1. The maximum atomic E-state index is 12.5. The molecule has 0 saturated heterocycles. The van der Waals surface area contributed by atoms with Crippen LogP contribution in [0.15, 0.2) is 34.6 Å². The Morgan fingerprint density at radius 3 is 2.93 bits per heavy atom. The van der Waals surface area contributed by atoms with Crippen LogP contribution in [0.2, 0.25) is 0 Å². The molecule has 0 fully saturated rings. The third-order valence-corrected chi connectivity index (χ3v) is 5.72. The van der Waals surface area contributed by atoms with Crippen molar-refractivity contribution in [2.75, 3.05) is 6.61 Å². The molecule has 1 atom stereocenters. The number of para-hydroxylation sites is 1. The monoisotopic (exact) mass is 382 g/mol. The summed E-state index contributed by atoms with van der Waals surface area (Å²) in [6.07, 6.45) is 1.08. The largest absolute Gasteiger partial charge is 0.488 e. The molecular weight excluding hydrogens is 364 g/mol. The second-order valence-corrected chi connectivity index (χ2v) is 7.66. The molecule has 6 nitrogen and oxygen atoms in total. The van der Waals surface area contributed by atoms with E-state index in [4.69, 9.17) is 9.47 Å². The summed E-state index contributed by atoms with van der Waals surface area (Å²) in [5.41, 5.74) is 1.98. The second-order valence-electron chi connectivity index (χ2n) is 6.46. The lowest BCUT2D eigenvalue weighted by Gasteiger charge is -2.18. The zero-order chi connectivity index (χ0) is 19.1. The lowest BCUT2D eigenvalue weighted by atomic mass is 10.1. The van der Waals surface area contributed by atoms with Crippen molar-refractivity contribution in [1.29, 1.82) is 0 Å². The van der Waals surface area contributed by atoms with Crippen molar-refractivity contribution < 1.29 is 14.3 Å². The van der Waals surface area contributed by atoms with Crippen LogP contribution in [0, 0.1) is 13.8 Å². The molecule has 0 bridgehead atoms. The minimum Gasteiger partial charge on any atom is -0.488 e. The van der Waals surface area contributed by atoms with Crippen LogP contribution in [0.5, 0.6) is 5.75 Å². The van der Waals surface area contributed by atoms with Crippen LogP contribution in [0.3, 0.4) is 0 Å². The van der Waals surface area contributed by atoms with Gasteiger partial charge in [-0.1, -0.05) is 18.2 Å². The van der Waals surface area contributed by atoms with Gasteiger partial charge in [-0.05, 0) is 38.5 Å². The number of H-pyrrole nitrogens is 1. The number of carbonyl (C=O) groups excluding carboxylic acids is 1. The first-order chi connectivity index (χ1) is 12.9. The molecule has 0 spiro atoms. The fraction of sp³-hybridized carbons (Fsp3) is 0.250. The summed E-state index contributed by atoms with van der Waals surface area (Å²) in [5.74, 6) is 0.583. The predicted molar refractivity (Wildman–Crippen MR) is 104 cm³/mol. The first-order valence-electron chi connectivity index (χ1n) is 8.57. The van der Waals surface area contributed by atoms with E-state index in [0.29, 0.717) is 21.6 Å². The lowest BCUT2D eigenvalue weighted by Crippen LogP contribution is -2.21. The van der Waals surface area contributed by atoms with E-state index < -0.39 is 12.1 Å². The predicted octanol–water partition coefficient (Wildman–Crippen LogP) is 3.68.